The molecule has 0 fully saturated rings. The van der Waals surface area contributed by atoms with Gasteiger partial charge < -0.3 is 9.52 Å². The first kappa shape index (κ1) is 16.8. The van der Waals surface area contributed by atoms with Gasteiger partial charge >= 0.3 is 5.97 Å². The van der Waals surface area contributed by atoms with E-state index in [2.05, 4.69) is 28.2 Å². The lowest BCUT2D eigenvalue weighted by molar-refractivity contribution is -0.139. The first-order chi connectivity index (χ1) is 10.6. The van der Waals surface area contributed by atoms with Crippen molar-refractivity contribution in [3.05, 3.63) is 46.6 Å². The standard InChI is InChI=1S/C17H20BrNO3/c1-2-3-7-15(17(20)21)19-11-14-8-9-16(22-14)12-5-4-6-13(18)10-12/h4-6,8-10,15,19H,2-3,7,11H2,1H3,(H,20,21)/t15-/m0/s1. The van der Waals surface area contributed by atoms with Crippen LogP contribution in [-0.2, 0) is 11.3 Å². The summed E-state index contributed by atoms with van der Waals surface area (Å²) in [5.41, 5.74) is 0.987. The summed E-state index contributed by atoms with van der Waals surface area (Å²) >= 11 is 3.44. The van der Waals surface area contributed by atoms with Crippen LogP contribution in [0.2, 0.25) is 0 Å². The molecule has 0 aliphatic rings. The van der Waals surface area contributed by atoms with Crippen molar-refractivity contribution < 1.29 is 14.3 Å². The van der Waals surface area contributed by atoms with E-state index in [1.54, 1.807) is 0 Å². The summed E-state index contributed by atoms with van der Waals surface area (Å²) in [5, 5.41) is 12.2. The molecule has 1 atom stereocenters. The van der Waals surface area contributed by atoms with Crippen molar-refractivity contribution in [2.24, 2.45) is 0 Å². The fraction of sp³-hybridized carbons (Fsp3) is 0.353. The number of hydrogen-bond acceptors (Lipinski definition) is 3. The molecule has 0 radical (unpaired) electrons. The SMILES string of the molecule is CCCC[C@H](NCc1ccc(-c2cccc(Br)c2)o1)C(=O)O. The van der Waals surface area contributed by atoms with E-state index in [9.17, 15) is 9.90 Å². The minimum absolute atomic E-state index is 0.411. The second kappa shape index (κ2) is 8.15. The maximum atomic E-state index is 11.2. The number of benzene rings is 1. The molecule has 1 heterocycles. The lowest BCUT2D eigenvalue weighted by Crippen LogP contribution is -2.36. The molecule has 5 heteroatoms. The van der Waals surface area contributed by atoms with Crippen LogP contribution < -0.4 is 5.32 Å². The Morgan fingerprint density at radius 2 is 2.18 bits per heavy atom. The van der Waals surface area contributed by atoms with Crippen LogP contribution in [0.15, 0.2) is 45.3 Å². The van der Waals surface area contributed by atoms with Crippen LogP contribution >= 0.6 is 15.9 Å². The van der Waals surface area contributed by atoms with E-state index in [1.807, 2.05) is 36.4 Å². The molecule has 2 N–H and O–H groups in total. The van der Waals surface area contributed by atoms with Gasteiger partial charge in [-0.15, -0.1) is 0 Å². The van der Waals surface area contributed by atoms with E-state index >= 15 is 0 Å². The topological polar surface area (TPSA) is 62.5 Å². The Bertz CT molecular complexity index is 624. The van der Waals surface area contributed by atoms with E-state index in [0.29, 0.717) is 13.0 Å². The van der Waals surface area contributed by atoms with Gasteiger partial charge in [-0.3, -0.25) is 10.1 Å². The van der Waals surface area contributed by atoms with Gasteiger partial charge in [-0.05, 0) is 30.7 Å². The summed E-state index contributed by atoms with van der Waals surface area (Å²) in [7, 11) is 0. The van der Waals surface area contributed by atoms with Gasteiger partial charge in [0.15, 0.2) is 0 Å². The average molecular weight is 366 g/mol. The smallest absolute Gasteiger partial charge is 0.320 e. The first-order valence-electron chi connectivity index (χ1n) is 7.41. The zero-order valence-corrected chi connectivity index (χ0v) is 14.1. The van der Waals surface area contributed by atoms with Crippen molar-refractivity contribution in [3.63, 3.8) is 0 Å². The molecule has 4 nitrogen and oxygen atoms in total. The molecule has 118 valence electrons. The quantitative estimate of drug-likeness (QED) is 0.725. The van der Waals surface area contributed by atoms with Crippen LogP contribution in [0.5, 0.6) is 0 Å². The highest BCUT2D eigenvalue weighted by molar-refractivity contribution is 9.10. The number of carboxylic acid groups (broad SMARTS) is 1. The van der Waals surface area contributed by atoms with Crippen molar-refractivity contribution in [1.29, 1.82) is 0 Å². The lowest BCUT2D eigenvalue weighted by Gasteiger charge is -2.12. The lowest BCUT2D eigenvalue weighted by atomic mass is 10.1. The summed E-state index contributed by atoms with van der Waals surface area (Å²) in [6.45, 7) is 2.46. The van der Waals surface area contributed by atoms with E-state index in [-0.39, 0.29) is 0 Å². The van der Waals surface area contributed by atoms with Gasteiger partial charge in [-0.1, -0.05) is 47.8 Å². The third-order valence-corrected chi connectivity index (χ3v) is 3.93. The molecule has 0 saturated carbocycles. The van der Waals surface area contributed by atoms with Gasteiger partial charge in [0.05, 0.1) is 6.54 Å². The molecule has 2 aromatic rings. The molecule has 0 amide bonds. The molecule has 0 bridgehead atoms. The minimum Gasteiger partial charge on any atom is -0.480 e. The van der Waals surface area contributed by atoms with Crippen molar-refractivity contribution in [1.82, 2.24) is 5.32 Å². The Morgan fingerprint density at radius 1 is 1.36 bits per heavy atom. The Balaban J connectivity index is 1.98. The molecule has 1 aromatic heterocycles. The molecular weight excluding hydrogens is 346 g/mol. The Morgan fingerprint density at radius 3 is 2.86 bits per heavy atom. The summed E-state index contributed by atoms with van der Waals surface area (Å²) in [6.07, 6.45) is 2.51. The van der Waals surface area contributed by atoms with Gasteiger partial charge in [0, 0.05) is 10.0 Å². The highest BCUT2D eigenvalue weighted by atomic mass is 79.9. The fourth-order valence-electron chi connectivity index (χ4n) is 2.21. The van der Waals surface area contributed by atoms with Crippen molar-refractivity contribution >= 4 is 21.9 Å². The normalized spacial score (nSPS) is 12.3. The summed E-state index contributed by atoms with van der Waals surface area (Å²) in [6, 6.07) is 11.1. The van der Waals surface area contributed by atoms with Gasteiger partial charge in [0.2, 0.25) is 0 Å². The zero-order valence-electron chi connectivity index (χ0n) is 12.5. The van der Waals surface area contributed by atoms with Crippen LogP contribution in [-0.4, -0.2) is 17.1 Å². The number of carboxylic acids is 1. The van der Waals surface area contributed by atoms with Crippen molar-refractivity contribution in [3.8, 4) is 11.3 Å². The summed E-state index contributed by atoms with van der Waals surface area (Å²) < 4.78 is 6.78. The molecule has 0 unspecified atom stereocenters. The molecule has 0 aliphatic carbocycles. The monoisotopic (exact) mass is 365 g/mol. The van der Waals surface area contributed by atoms with Crippen LogP contribution in [0, 0.1) is 0 Å². The summed E-state index contributed by atoms with van der Waals surface area (Å²) in [4.78, 5) is 11.2. The van der Waals surface area contributed by atoms with Crippen molar-refractivity contribution in [2.45, 2.75) is 38.8 Å². The molecule has 0 saturated heterocycles. The summed E-state index contributed by atoms with van der Waals surface area (Å²) in [5.74, 6) is 0.698. The van der Waals surface area contributed by atoms with Crippen LogP contribution in [0.25, 0.3) is 11.3 Å². The Kier molecular flexibility index (Phi) is 6.21. The molecule has 1 aromatic carbocycles. The second-order valence-corrected chi connectivity index (χ2v) is 6.11. The molecule has 2 rings (SSSR count). The molecular formula is C17H20BrNO3. The van der Waals surface area contributed by atoms with Crippen LogP contribution in [0.1, 0.15) is 31.9 Å². The maximum Gasteiger partial charge on any atom is 0.320 e. The van der Waals surface area contributed by atoms with E-state index < -0.39 is 12.0 Å². The van der Waals surface area contributed by atoms with Gasteiger partial charge in [-0.2, -0.15) is 0 Å². The largest absolute Gasteiger partial charge is 0.480 e. The second-order valence-electron chi connectivity index (χ2n) is 5.19. The predicted octanol–water partition coefficient (Wildman–Crippen LogP) is 4.44. The Hall–Kier alpha value is -1.59. The average Bonchev–Trinajstić information content (AvgIpc) is 2.96. The predicted molar refractivity (Wildman–Crippen MR) is 89.6 cm³/mol. The minimum atomic E-state index is -0.813. The van der Waals surface area contributed by atoms with Crippen LogP contribution in [0.3, 0.4) is 0 Å². The molecule has 0 spiro atoms. The number of nitrogens with one attached hydrogen (secondary N) is 1. The number of unbranched alkanes of at least 4 members (excludes halogenated alkanes) is 1. The van der Waals surface area contributed by atoms with Gasteiger partial charge in [-0.25, -0.2) is 0 Å². The number of rotatable bonds is 8. The van der Waals surface area contributed by atoms with Gasteiger partial charge in [0.25, 0.3) is 0 Å². The Labute approximate surface area is 138 Å². The molecule has 0 aliphatic heterocycles. The van der Waals surface area contributed by atoms with E-state index in [1.165, 1.54) is 0 Å². The number of carbonyl (C=O) groups is 1. The highest BCUT2D eigenvalue weighted by Crippen LogP contribution is 2.25. The first-order valence-corrected chi connectivity index (χ1v) is 8.20. The van der Waals surface area contributed by atoms with Crippen molar-refractivity contribution in [2.75, 3.05) is 0 Å². The third-order valence-electron chi connectivity index (χ3n) is 3.44. The highest BCUT2D eigenvalue weighted by Gasteiger charge is 2.16. The number of halogens is 1. The fourth-order valence-corrected chi connectivity index (χ4v) is 2.61. The molecule has 22 heavy (non-hydrogen) atoms. The van der Waals surface area contributed by atoms with E-state index in [0.717, 1.165) is 34.4 Å². The van der Waals surface area contributed by atoms with E-state index in [4.69, 9.17) is 4.42 Å². The van der Waals surface area contributed by atoms with Gasteiger partial charge in [0.1, 0.15) is 17.6 Å². The zero-order chi connectivity index (χ0) is 15.9. The number of hydrogen-bond donors (Lipinski definition) is 2. The van der Waals surface area contributed by atoms with Crippen LogP contribution in [0.4, 0.5) is 0 Å². The third kappa shape index (κ3) is 4.71. The number of furan rings is 1. The number of aliphatic carboxylic acids is 1. The maximum absolute atomic E-state index is 11.2.